The number of rotatable bonds is 8. The van der Waals surface area contributed by atoms with Gasteiger partial charge in [-0.15, -0.1) is 0 Å². The van der Waals surface area contributed by atoms with Crippen molar-refractivity contribution in [3.8, 4) is 17.2 Å². The van der Waals surface area contributed by atoms with Crippen LogP contribution in [0.1, 0.15) is 16.4 Å². The molecular formula is C30H24ClN3O7S2. The van der Waals surface area contributed by atoms with Crippen molar-refractivity contribution in [3.63, 3.8) is 0 Å². The van der Waals surface area contributed by atoms with Crippen molar-refractivity contribution in [3.05, 3.63) is 91.9 Å². The topological polar surface area (TPSA) is 127 Å². The molecule has 2 aliphatic heterocycles. The quantitative estimate of drug-likeness (QED) is 0.261. The third-order valence-corrected chi connectivity index (χ3v) is 9.84. The van der Waals surface area contributed by atoms with Gasteiger partial charge >= 0.3 is 4.87 Å². The maximum atomic E-state index is 13.9. The maximum absolute atomic E-state index is 13.9. The number of hydrogen-bond donors (Lipinski definition) is 2. The minimum atomic E-state index is -0.765. The summed E-state index contributed by atoms with van der Waals surface area (Å²) in [4.78, 5) is 56.8. The predicted molar refractivity (Wildman–Crippen MR) is 164 cm³/mol. The Kier molecular flexibility index (Phi) is 7.91. The average molecular weight is 638 g/mol. The zero-order valence-electron chi connectivity index (χ0n) is 22.8. The van der Waals surface area contributed by atoms with Gasteiger partial charge in [0.25, 0.3) is 5.91 Å². The first-order chi connectivity index (χ1) is 20.8. The molecule has 2 unspecified atom stereocenters. The molecule has 4 aromatic rings. The van der Waals surface area contributed by atoms with Crippen LogP contribution in [0.5, 0.6) is 17.2 Å². The van der Waals surface area contributed by atoms with Crippen LogP contribution in [0.2, 0.25) is 5.02 Å². The number of halogens is 1. The lowest BCUT2D eigenvalue weighted by molar-refractivity contribution is -0.122. The molecule has 13 heteroatoms. The van der Waals surface area contributed by atoms with E-state index in [0.29, 0.717) is 49.1 Å². The number of aromatic nitrogens is 1. The molecular weight excluding hydrogens is 614 g/mol. The van der Waals surface area contributed by atoms with Crippen molar-refractivity contribution in [2.75, 3.05) is 31.0 Å². The summed E-state index contributed by atoms with van der Waals surface area (Å²) in [6.07, 6.45) is 0. The van der Waals surface area contributed by atoms with Gasteiger partial charge in [-0.1, -0.05) is 40.8 Å². The molecule has 3 aromatic carbocycles. The standard InChI is InChI=1S/C30H24ClN3O7S2/c1-39-19-10-6-17(7-11-19)32-22(35)14-41-20-12-3-15(13-21(20)40-2)23-24-26(42-27-25(23)43-30(38)33-27)29(37)34(28(24)36)18-8-4-16(31)5-9-18/h3-13,23-24,26H,14H2,1-2H3,(H,32,35)(H,33,38)/t23-,24?,26?/m1/s1. The molecule has 2 N–H and O–H groups in total. The number of thiazole rings is 1. The fraction of sp³-hybridized carbons (Fsp3) is 0.200. The van der Waals surface area contributed by atoms with E-state index in [1.54, 1.807) is 73.8 Å². The first-order valence-electron chi connectivity index (χ1n) is 13.0. The molecule has 2 aliphatic rings. The molecule has 220 valence electrons. The smallest absolute Gasteiger partial charge is 0.305 e. The summed E-state index contributed by atoms with van der Waals surface area (Å²) in [7, 11) is 3.03. The van der Waals surface area contributed by atoms with Crippen LogP contribution in [0.3, 0.4) is 0 Å². The average Bonchev–Trinajstić information content (AvgIpc) is 3.50. The molecule has 3 atom stereocenters. The molecule has 0 bridgehead atoms. The van der Waals surface area contributed by atoms with E-state index >= 15 is 0 Å². The minimum absolute atomic E-state index is 0.272. The normalized spacial score (nSPS) is 19.0. The summed E-state index contributed by atoms with van der Waals surface area (Å²) in [5.41, 5.74) is 1.68. The van der Waals surface area contributed by atoms with Crippen molar-refractivity contribution >= 4 is 63.8 Å². The van der Waals surface area contributed by atoms with Crippen LogP contribution < -0.4 is 29.3 Å². The highest BCUT2D eigenvalue weighted by molar-refractivity contribution is 8.00. The van der Waals surface area contributed by atoms with Crippen LogP contribution in [0.15, 0.2) is 76.6 Å². The Labute approximate surface area is 258 Å². The van der Waals surface area contributed by atoms with Crippen LogP contribution in [-0.2, 0) is 14.4 Å². The SMILES string of the molecule is COc1ccc(NC(=O)COc2ccc([C@H]3c4sc(=O)[nH]c4SC4C(=O)N(c5ccc(Cl)cc5)C(=O)C43)cc2OC)cc1. The van der Waals surface area contributed by atoms with E-state index in [1.807, 2.05) is 0 Å². The van der Waals surface area contributed by atoms with Gasteiger partial charge in [-0.05, 0) is 66.2 Å². The Morgan fingerprint density at radius 1 is 0.953 bits per heavy atom. The largest absolute Gasteiger partial charge is 0.497 e. The summed E-state index contributed by atoms with van der Waals surface area (Å²) in [5.74, 6) is -1.14. The molecule has 1 fully saturated rings. The van der Waals surface area contributed by atoms with Crippen molar-refractivity contribution in [1.82, 2.24) is 4.98 Å². The fourth-order valence-corrected chi connectivity index (χ4v) is 7.87. The zero-order chi connectivity index (χ0) is 30.2. The fourth-order valence-electron chi connectivity index (χ4n) is 5.23. The Balaban J connectivity index is 1.27. The molecule has 0 spiro atoms. The number of carbonyl (C=O) groups is 3. The molecule has 0 aliphatic carbocycles. The second-order valence-electron chi connectivity index (χ2n) is 9.71. The third-order valence-electron chi connectivity index (χ3n) is 7.19. The van der Waals surface area contributed by atoms with Crippen molar-refractivity contribution in [2.45, 2.75) is 16.2 Å². The van der Waals surface area contributed by atoms with Gasteiger partial charge in [0.05, 0.1) is 30.9 Å². The first-order valence-corrected chi connectivity index (χ1v) is 15.1. The van der Waals surface area contributed by atoms with Gasteiger partial charge in [0.15, 0.2) is 18.1 Å². The molecule has 43 heavy (non-hydrogen) atoms. The Hall–Kier alpha value is -4.26. The number of nitrogens with zero attached hydrogens (tertiary/aromatic N) is 1. The summed E-state index contributed by atoms with van der Waals surface area (Å²) in [6.45, 7) is -0.279. The third kappa shape index (κ3) is 5.49. The van der Waals surface area contributed by atoms with Crippen LogP contribution in [0.4, 0.5) is 11.4 Å². The number of anilines is 2. The Morgan fingerprint density at radius 3 is 2.40 bits per heavy atom. The number of carbonyl (C=O) groups excluding carboxylic acids is 3. The van der Waals surface area contributed by atoms with E-state index in [9.17, 15) is 19.2 Å². The van der Waals surface area contributed by atoms with E-state index in [4.69, 9.17) is 25.8 Å². The Bertz CT molecular complexity index is 1770. The summed E-state index contributed by atoms with van der Waals surface area (Å²) < 4.78 is 16.5. The number of benzene rings is 3. The van der Waals surface area contributed by atoms with Gasteiger partial charge in [0.2, 0.25) is 11.8 Å². The second kappa shape index (κ2) is 11.8. The molecule has 10 nitrogen and oxygen atoms in total. The number of H-pyrrole nitrogens is 1. The number of thioether (sulfide) groups is 1. The lowest BCUT2D eigenvalue weighted by Gasteiger charge is -2.30. The van der Waals surface area contributed by atoms with Crippen LogP contribution in [0, 0.1) is 5.92 Å². The molecule has 0 radical (unpaired) electrons. The summed E-state index contributed by atoms with van der Waals surface area (Å²) in [6, 6.07) is 18.5. The summed E-state index contributed by atoms with van der Waals surface area (Å²) in [5, 5.41) is 3.07. The number of ether oxygens (including phenoxy) is 3. The molecule has 0 saturated carbocycles. The van der Waals surface area contributed by atoms with E-state index in [1.165, 1.54) is 23.8 Å². The maximum Gasteiger partial charge on any atom is 0.305 e. The van der Waals surface area contributed by atoms with Crippen molar-refractivity contribution in [1.29, 1.82) is 0 Å². The van der Waals surface area contributed by atoms with Gasteiger partial charge in [-0.2, -0.15) is 0 Å². The van der Waals surface area contributed by atoms with Crippen molar-refractivity contribution < 1.29 is 28.6 Å². The van der Waals surface area contributed by atoms with Crippen LogP contribution >= 0.6 is 34.7 Å². The second-order valence-corrected chi connectivity index (χ2v) is 12.3. The van der Waals surface area contributed by atoms with Gasteiger partial charge in [0.1, 0.15) is 11.0 Å². The minimum Gasteiger partial charge on any atom is -0.497 e. The number of methoxy groups -OCH3 is 2. The molecule has 3 heterocycles. The van der Waals surface area contributed by atoms with Gasteiger partial charge in [0, 0.05) is 21.5 Å². The molecule has 3 amide bonds. The molecule has 6 rings (SSSR count). The van der Waals surface area contributed by atoms with E-state index in [0.717, 1.165) is 11.3 Å². The lowest BCUT2D eigenvalue weighted by atomic mass is 9.83. The molecule has 1 aromatic heterocycles. The first kappa shape index (κ1) is 28.8. The summed E-state index contributed by atoms with van der Waals surface area (Å²) >= 11 is 8.24. The number of fused-ring (bicyclic) bond motifs is 2. The highest BCUT2D eigenvalue weighted by Gasteiger charge is 2.56. The number of amides is 3. The lowest BCUT2D eigenvalue weighted by Crippen LogP contribution is -2.32. The van der Waals surface area contributed by atoms with Crippen LogP contribution in [-0.4, -0.2) is 48.8 Å². The number of nitrogens with one attached hydrogen (secondary N) is 2. The predicted octanol–water partition coefficient (Wildman–Crippen LogP) is 4.92. The molecule has 1 saturated heterocycles. The highest BCUT2D eigenvalue weighted by Crippen LogP contribution is 2.53. The van der Waals surface area contributed by atoms with E-state index < -0.39 is 17.1 Å². The number of aromatic amines is 1. The van der Waals surface area contributed by atoms with E-state index in [2.05, 4.69) is 10.3 Å². The zero-order valence-corrected chi connectivity index (χ0v) is 25.2. The van der Waals surface area contributed by atoms with E-state index in [-0.39, 0.29) is 29.2 Å². The van der Waals surface area contributed by atoms with Gasteiger partial charge < -0.3 is 24.5 Å². The van der Waals surface area contributed by atoms with Crippen LogP contribution in [0.25, 0.3) is 0 Å². The monoisotopic (exact) mass is 637 g/mol. The highest BCUT2D eigenvalue weighted by atomic mass is 35.5. The van der Waals surface area contributed by atoms with Gasteiger partial charge in [-0.3, -0.25) is 19.2 Å². The number of imide groups is 1. The Morgan fingerprint density at radius 2 is 1.70 bits per heavy atom. The van der Waals surface area contributed by atoms with Crippen molar-refractivity contribution in [2.24, 2.45) is 5.92 Å². The van der Waals surface area contributed by atoms with Gasteiger partial charge in [-0.25, -0.2) is 4.90 Å². The number of hydrogen-bond acceptors (Lipinski definition) is 9.